The van der Waals surface area contributed by atoms with Crippen molar-refractivity contribution in [3.63, 3.8) is 0 Å². The van der Waals surface area contributed by atoms with E-state index in [0.717, 1.165) is 12.8 Å². The van der Waals surface area contributed by atoms with Crippen LogP contribution in [0, 0.1) is 11.3 Å². The Bertz CT molecular complexity index is 445. The summed E-state index contributed by atoms with van der Waals surface area (Å²) in [6.45, 7) is 5.89. The molecule has 0 aromatic carbocycles. The van der Waals surface area contributed by atoms with Crippen LogP contribution in [0.1, 0.15) is 84.5 Å². The van der Waals surface area contributed by atoms with Gasteiger partial charge in [-0.3, -0.25) is 14.9 Å². The van der Waals surface area contributed by atoms with E-state index < -0.39 is 11.6 Å². The van der Waals surface area contributed by atoms with Crippen LogP contribution in [0.5, 0.6) is 0 Å². The van der Waals surface area contributed by atoms with Crippen molar-refractivity contribution < 1.29 is 19.1 Å². The first-order valence-corrected chi connectivity index (χ1v) is 10.6. The van der Waals surface area contributed by atoms with Gasteiger partial charge in [0.2, 0.25) is 0 Å². The number of hydrogen-bond acceptors (Lipinski definition) is 5. The number of carbonyl (C=O) groups is 2. The van der Waals surface area contributed by atoms with Crippen LogP contribution in [0.2, 0.25) is 0 Å². The summed E-state index contributed by atoms with van der Waals surface area (Å²) in [6, 6.07) is 0. The van der Waals surface area contributed by atoms with Crippen LogP contribution in [0.25, 0.3) is 0 Å². The Morgan fingerprint density at radius 1 is 1.19 bits per heavy atom. The number of ether oxygens (including phenoxy) is 2. The molecular formula is C21H37NO4. The van der Waals surface area contributed by atoms with E-state index in [2.05, 4.69) is 12.2 Å². The minimum atomic E-state index is -0.578. The SMILES string of the molecule is CCCCCCCCCC(C)C(=O)OC1NCCC(=O)C12CCOCC2. The summed E-state index contributed by atoms with van der Waals surface area (Å²) in [5, 5.41) is 3.27. The lowest BCUT2D eigenvalue weighted by Gasteiger charge is -2.44. The molecule has 0 aromatic heterocycles. The average molecular weight is 368 g/mol. The molecule has 0 amide bonds. The molecule has 0 radical (unpaired) electrons. The smallest absolute Gasteiger partial charge is 0.310 e. The van der Waals surface area contributed by atoms with Crippen molar-refractivity contribution in [3.05, 3.63) is 0 Å². The van der Waals surface area contributed by atoms with Gasteiger partial charge < -0.3 is 9.47 Å². The molecule has 0 aliphatic carbocycles. The van der Waals surface area contributed by atoms with Crippen molar-refractivity contribution in [2.24, 2.45) is 11.3 Å². The van der Waals surface area contributed by atoms with Crippen molar-refractivity contribution in [2.45, 2.75) is 90.7 Å². The molecule has 0 bridgehead atoms. The highest BCUT2D eigenvalue weighted by molar-refractivity contribution is 5.87. The molecule has 2 saturated heterocycles. The molecule has 0 aromatic rings. The van der Waals surface area contributed by atoms with Gasteiger partial charge in [0.25, 0.3) is 0 Å². The summed E-state index contributed by atoms with van der Waals surface area (Å²) in [5.74, 6) is -0.0625. The van der Waals surface area contributed by atoms with Crippen LogP contribution in [0.15, 0.2) is 0 Å². The van der Waals surface area contributed by atoms with Crippen LogP contribution in [0.3, 0.4) is 0 Å². The van der Waals surface area contributed by atoms with E-state index in [1.54, 1.807) is 0 Å². The van der Waals surface area contributed by atoms with E-state index in [-0.39, 0.29) is 17.7 Å². The molecule has 5 nitrogen and oxygen atoms in total. The summed E-state index contributed by atoms with van der Waals surface area (Å²) in [5.41, 5.74) is -0.578. The molecule has 2 atom stereocenters. The third-order valence-electron chi connectivity index (χ3n) is 6.00. The third kappa shape index (κ3) is 5.78. The van der Waals surface area contributed by atoms with Crippen molar-refractivity contribution in [1.29, 1.82) is 0 Å². The number of piperidine rings is 1. The van der Waals surface area contributed by atoms with Crippen LogP contribution in [-0.4, -0.2) is 37.7 Å². The standard InChI is InChI=1S/C21H37NO4/c1-3-4-5-6-7-8-9-10-17(2)19(24)26-20-21(12-15-25-16-13-21)18(23)11-14-22-20/h17,20,22H,3-16H2,1-2H3. The first kappa shape index (κ1) is 21.4. The van der Waals surface area contributed by atoms with Gasteiger partial charge in [0.15, 0.2) is 6.23 Å². The molecule has 2 unspecified atom stereocenters. The molecule has 2 aliphatic heterocycles. The second kappa shape index (κ2) is 11.0. The Hall–Kier alpha value is -0.940. The Kier molecular flexibility index (Phi) is 9.06. The van der Waals surface area contributed by atoms with E-state index in [1.807, 2.05) is 6.92 Å². The average Bonchev–Trinajstić information content (AvgIpc) is 2.65. The summed E-state index contributed by atoms with van der Waals surface area (Å²) in [7, 11) is 0. The fourth-order valence-corrected chi connectivity index (χ4v) is 4.10. The van der Waals surface area contributed by atoms with Gasteiger partial charge >= 0.3 is 5.97 Å². The van der Waals surface area contributed by atoms with Gasteiger partial charge in [-0.05, 0) is 19.3 Å². The van der Waals surface area contributed by atoms with Crippen molar-refractivity contribution in [3.8, 4) is 0 Å². The van der Waals surface area contributed by atoms with Crippen LogP contribution < -0.4 is 5.32 Å². The predicted octanol–water partition coefficient (Wildman–Crippen LogP) is 3.99. The molecule has 1 N–H and O–H groups in total. The maximum absolute atomic E-state index is 12.6. The van der Waals surface area contributed by atoms with Gasteiger partial charge in [-0.1, -0.05) is 58.8 Å². The van der Waals surface area contributed by atoms with E-state index >= 15 is 0 Å². The topological polar surface area (TPSA) is 64.6 Å². The van der Waals surface area contributed by atoms with Crippen LogP contribution in [-0.2, 0) is 19.1 Å². The summed E-state index contributed by atoms with van der Waals surface area (Å²) in [6.07, 6.45) is 10.9. The van der Waals surface area contributed by atoms with Gasteiger partial charge in [0.05, 0.1) is 11.3 Å². The molecule has 2 rings (SSSR count). The summed E-state index contributed by atoms with van der Waals surface area (Å²) in [4.78, 5) is 25.1. The first-order chi connectivity index (χ1) is 12.6. The Labute approximate surface area is 158 Å². The van der Waals surface area contributed by atoms with Crippen molar-refractivity contribution >= 4 is 11.8 Å². The van der Waals surface area contributed by atoms with Gasteiger partial charge in [-0.2, -0.15) is 0 Å². The van der Waals surface area contributed by atoms with Gasteiger partial charge in [-0.25, -0.2) is 0 Å². The summed E-state index contributed by atoms with van der Waals surface area (Å²) >= 11 is 0. The fraction of sp³-hybridized carbons (Fsp3) is 0.905. The maximum atomic E-state index is 12.6. The first-order valence-electron chi connectivity index (χ1n) is 10.6. The number of hydrogen-bond donors (Lipinski definition) is 1. The third-order valence-corrected chi connectivity index (χ3v) is 6.00. The highest BCUT2D eigenvalue weighted by Crippen LogP contribution is 2.39. The molecule has 1 spiro atoms. The van der Waals surface area contributed by atoms with Crippen molar-refractivity contribution in [2.75, 3.05) is 19.8 Å². The molecule has 26 heavy (non-hydrogen) atoms. The van der Waals surface area contributed by atoms with Gasteiger partial charge in [0.1, 0.15) is 5.78 Å². The fourth-order valence-electron chi connectivity index (χ4n) is 4.10. The normalized spacial score (nSPS) is 23.8. The predicted molar refractivity (Wildman–Crippen MR) is 102 cm³/mol. The zero-order valence-electron chi connectivity index (χ0n) is 16.7. The van der Waals surface area contributed by atoms with E-state index in [1.165, 1.54) is 38.5 Å². The number of nitrogens with one attached hydrogen (secondary N) is 1. The number of ketones is 1. The van der Waals surface area contributed by atoms with E-state index in [9.17, 15) is 9.59 Å². The molecule has 2 aliphatic rings. The molecule has 150 valence electrons. The van der Waals surface area contributed by atoms with E-state index in [0.29, 0.717) is 39.0 Å². The van der Waals surface area contributed by atoms with Crippen molar-refractivity contribution in [1.82, 2.24) is 5.32 Å². The highest BCUT2D eigenvalue weighted by Gasteiger charge is 2.50. The largest absolute Gasteiger partial charge is 0.445 e. The number of Topliss-reactive ketones (excluding diaryl/α,β-unsaturated/α-hetero) is 1. The monoisotopic (exact) mass is 367 g/mol. The summed E-state index contributed by atoms with van der Waals surface area (Å²) < 4.78 is 11.2. The molecule has 2 heterocycles. The molecular weight excluding hydrogens is 330 g/mol. The minimum Gasteiger partial charge on any atom is -0.445 e. The molecule has 5 heteroatoms. The van der Waals surface area contributed by atoms with Gasteiger partial charge in [0, 0.05) is 26.2 Å². The Balaban J connectivity index is 1.75. The zero-order chi connectivity index (χ0) is 18.8. The maximum Gasteiger partial charge on any atom is 0.310 e. The lowest BCUT2D eigenvalue weighted by Crippen LogP contribution is -2.59. The van der Waals surface area contributed by atoms with Crippen LogP contribution in [0.4, 0.5) is 0 Å². The highest BCUT2D eigenvalue weighted by atomic mass is 16.6. The van der Waals surface area contributed by atoms with Crippen LogP contribution >= 0.6 is 0 Å². The second-order valence-corrected chi connectivity index (χ2v) is 8.02. The van der Waals surface area contributed by atoms with Gasteiger partial charge in [-0.15, -0.1) is 0 Å². The minimum absolute atomic E-state index is 0.110. The quantitative estimate of drug-likeness (QED) is 0.467. The lowest BCUT2D eigenvalue weighted by atomic mass is 9.71. The number of carbonyl (C=O) groups excluding carboxylic acids is 2. The Morgan fingerprint density at radius 2 is 1.85 bits per heavy atom. The van der Waals surface area contributed by atoms with E-state index in [4.69, 9.17) is 9.47 Å². The molecule has 2 fully saturated rings. The number of unbranched alkanes of at least 4 members (excludes halogenated alkanes) is 6. The number of rotatable bonds is 10. The second-order valence-electron chi connectivity index (χ2n) is 8.02. The zero-order valence-corrected chi connectivity index (χ0v) is 16.7. The molecule has 0 saturated carbocycles. The number of esters is 1. The Morgan fingerprint density at radius 3 is 2.54 bits per heavy atom. The lowest BCUT2D eigenvalue weighted by molar-refractivity contribution is -0.178.